The number of carbonyl (C=O) groups excluding carboxylic acids is 1. The van der Waals surface area contributed by atoms with Crippen LogP contribution in [0.3, 0.4) is 0 Å². The molecule has 1 N–H and O–H groups in total. The van der Waals surface area contributed by atoms with Crippen LogP contribution in [0, 0.1) is 11.8 Å². The monoisotopic (exact) mass is 198 g/mol. The highest BCUT2D eigenvalue weighted by Crippen LogP contribution is 2.38. The highest BCUT2D eigenvalue weighted by atomic mass is 19.1. The summed E-state index contributed by atoms with van der Waals surface area (Å²) in [4.78, 5) is 13.7. The van der Waals surface area contributed by atoms with Crippen molar-refractivity contribution < 1.29 is 9.18 Å². The summed E-state index contributed by atoms with van der Waals surface area (Å²) in [5.41, 5.74) is 0. The van der Waals surface area contributed by atoms with Gasteiger partial charge in [0.05, 0.1) is 5.92 Å². The maximum absolute atomic E-state index is 12.8. The lowest BCUT2D eigenvalue weighted by atomic mass is 10.0. The molecule has 1 amide bonds. The molecule has 78 valence electrons. The number of hydrogen-bond acceptors (Lipinski definition) is 2. The number of alkyl halides is 1. The van der Waals surface area contributed by atoms with E-state index >= 15 is 0 Å². The Balaban J connectivity index is 1.70. The van der Waals surface area contributed by atoms with Crippen molar-refractivity contribution >= 4 is 5.91 Å². The second kappa shape index (κ2) is 2.92. The van der Waals surface area contributed by atoms with Crippen LogP contribution in [0.5, 0.6) is 0 Å². The zero-order chi connectivity index (χ0) is 9.71. The molecule has 0 aromatic heterocycles. The predicted octanol–water partition coefficient (Wildman–Crippen LogP) is 0.165. The van der Waals surface area contributed by atoms with Crippen LogP contribution in [0.2, 0.25) is 0 Å². The van der Waals surface area contributed by atoms with Crippen molar-refractivity contribution in [2.24, 2.45) is 11.8 Å². The van der Waals surface area contributed by atoms with E-state index in [-0.39, 0.29) is 11.8 Å². The summed E-state index contributed by atoms with van der Waals surface area (Å²) >= 11 is 0. The summed E-state index contributed by atoms with van der Waals surface area (Å²) in [6, 6.07) is 0.342. The molecule has 3 nitrogen and oxygen atoms in total. The molecular formula is C10H15FN2O. The fraction of sp³-hybridized carbons (Fsp3) is 0.900. The molecule has 3 rings (SSSR count). The molecule has 1 aliphatic carbocycles. The van der Waals surface area contributed by atoms with Crippen molar-refractivity contribution in [1.29, 1.82) is 0 Å². The molecule has 0 radical (unpaired) electrons. The predicted molar refractivity (Wildman–Crippen MR) is 49.5 cm³/mol. The van der Waals surface area contributed by atoms with E-state index in [1.807, 2.05) is 4.90 Å². The molecule has 2 heterocycles. The third-order valence-corrected chi connectivity index (χ3v) is 3.63. The largest absolute Gasteiger partial charge is 0.338 e. The molecule has 3 fully saturated rings. The van der Waals surface area contributed by atoms with E-state index in [9.17, 15) is 9.18 Å². The van der Waals surface area contributed by atoms with Crippen LogP contribution >= 0.6 is 0 Å². The molecule has 1 saturated carbocycles. The Bertz CT molecular complexity index is 271. The molecule has 3 unspecified atom stereocenters. The van der Waals surface area contributed by atoms with E-state index in [0.717, 1.165) is 26.1 Å². The molecular weight excluding hydrogens is 183 g/mol. The van der Waals surface area contributed by atoms with Crippen molar-refractivity contribution in [2.45, 2.75) is 25.1 Å². The number of fused-ring (bicyclic) bond motifs is 2. The SMILES string of the molecule is O=C(C1CC1F)N1C[C@@H]2CNCC1C2. The summed E-state index contributed by atoms with van der Waals surface area (Å²) in [7, 11) is 0. The van der Waals surface area contributed by atoms with Crippen molar-refractivity contribution in [1.82, 2.24) is 10.2 Å². The van der Waals surface area contributed by atoms with Gasteiger partial charge in [-0.25, -0.2) is 4.39 Å². The van der Waals surface area contributed by atoms with E-state index in [1.165, 1.54) is 0 Å². The lowest BCUT2D eigenvalue weighted by Crippen LogP contribution is -2.42. The third kappa shape index (κ3) is 1.24. The Hall–Kier alpha value is -0.640. The van der Waals surface area contributed by atoms with Crippen LogP contribution in [0.25, 0.3) is 0 Å². The quantitative estimate of drug-likeness (QED) is 0.651. The second-order valence-electron chi connectivity index (χ2n) is 4.76. The zero-order valence-corrected chi connectivity index (χ0v) is 8.08. The van der Waals surface area contributed by atoms with Gasteiger partial charge in [0.15, 0.2) is 0 Å². The number of nitrogens with zero attached hydrogens (tertiary/aromatic N) is 1. The Labute approximate surface area is 82.6 Å². The molecule has 2 saturated heterocycles. The van der Waals surface area contributed by atoms with Gasteiger partial charge in [0, 0.05) is 19.1 Å². The Kier molecular flexibility index (Phi) is 1.81. The lowest BCUT2D eigenvalue weighted by Gasteiger charge is -2.24. The number of rotatable bonds is 1. The number of carbonyl (C=O) groups is 1. The first-order chi connectivity index (χ1) is 6.75. The van der Waals surface area contributed by atoms with E-state index in [1.54, 1.807) is 0 Å². The maximum Gasteiger partial charge on any atom is 0.229 e. The molecule has 0 aromatic carbocycles. The van der Waals surface area contributed by atoms with Gasteiger partial charge in [-0.2, -0.15) is 0 Å². The van der Waals surface area contributed by atoms with Crippen LogP contribution in [0.1, 0.15) is 12.8 Å². The lowest BCUT2D eigenvalue weighted by molar-refractivity contribution is -0.133. The van der Waals surface area contributed by atoms with Crippen molar-refractivity contribution in [3.63, 3.8) is 0 Å². The van der Waals surface area contributed by atoms with Crippen LogP contribution in [-0.2, 0) is 4.79 Å². The van der Waals surface area contributed by atoms with Gasteiger partial charge < -0.3 is 10.2 Å². The normalized spacial score (nSPS) is 45.4. The molecule has 3 aliphatic rings. The van der Waals surface area contributed by atoms with Gasteiger partial charge in [-0.3, -0.25) is 4.79 Å². The summed E-state index contributed by atoms with van der Waals surface area (Å²) in [6.45, 7) is 2.76. The first-order valence-corrected chi connectivity index (χ1v) is 5.41. The second-order valence-corrected chi connectivity index (χ2v) is 4.76. The van der Waals surface area contributed by atoms with Crippen LogP contribution in [0.4, 0.5) is 4.39 Å². The Morgan fingerprint density at radius 1 is 1.36 bits per heavy atom. The molecule has 14 heavy (non-hydrogen) atoms. The average Bonchev–Trinajstić information content (AvgIpc) is 2.84. The van der Waals surface area contributed by atoms with Gasteiger partial charge in [-0.05, 0) is 25.3 Å². The van der Waals surface area contributed by atoms with Gasteiger partial charge in [0.25, 0.3) is 0 Å². The van der Waals surface area contributed by atoms with E-state index in [0.29, 0.717) is 18.4 Å². The summed E-state index contributed by atoms with van der Waals surface area (Å²) in [6.07, 6.45) is 0.721. The minimum Gasteiger partial charge on any atom is -0.338 e. The highest BCUT2D eigenvalue weighted by molar-refractivity contribution is 5.82. The van der Waals surface area contributed by atoms with Gasteiger partial charge >= 0.3 is 0 Å². The number of hydrogen-bond donors (Lipinski definition) is 1. The van der Waals surface area contributed by atoms with Crippen LogP contribution < -0.4 is 5.32 Å². The van der Waals surface area contributed by atoms with Gasteiger partial charge in [0.1, 0.15) is 6.17 Å². The fourth-order valence-corrected chi connectivity index (χ4v) is 2.71. The van der Waals surface area contributed by atoms with E-state index in [4.69, 9.17) is 0 Å². The number of piperidine rings is 1. The molecule has 2 aliphatic heterocycles. The summed E-state index contributed by atoms with van der Waals surface area (Å²) in [5, 5.41) is 3.31. The average molecular weight is 198 g/mol. The zero-order valence-electron chi connectivity index (χ0n) is 8.08. The number of amides is 1. The highest BCUT2D eigenvalue weighted by Gasteiger charge is 2.49. The van der Waals surface area contributed by atoms with Crippen molar-refractivity contribution in [2.75, 3.05) is 19.6 Å². The molecule has 0 spiro atoms. The van der Waals surface area contributed by atoms with E-state index in [2.05, 4.69) is 5.32 Å². The molecule has 4 heteroatoms. The third-order valence-electron chi connectivity index (χ3n) is 3.63. The minimum absolute atomic E-state index is 0.0636. The van der Waals surface area contributed by atoms with Crippen LogP contribution in [-0.4, -0.2) is 42.7 Å². The summed E-state index contributed by atoms with van der Waals surface area (Å²) in [5.74, 6) is 0.373. The topological polar surface area (TPSA) is 32.3 Å². The first kappa shape index (κ1) is 8.65. The first-order valence-electron chi connectivity index (χ1n) is 5.41. The standard InChI is InChI=1S/C10H15FN2O/c11-9-2-8(9)10(14)13-5-6-1-7(13)4-12-3-6/h6-9,12H,1-5H2/t6-,7?,8?,9?/m0/s1. The van der Waals surface area contributed by atoms with E-state index < -0.39 is 6.17 Å². The molecule has 4 atom stereocenters. The number of likely N-dealkylation sites (tertiary alicyclic amines) is 1. The van der Waals surface area contributed by atoms with Crippen molar-refractivity contribution in [3.05, 3.63) is 0 Å². The molecule has 2 bridgehead atoms. The van der Waals surface area contributed by atoms with Crippen LogP contribution in [0.15, 0.2) is 0 Å². The smallest absolute Gasteiger partial charge is 0.229 e. The van der Waals surface area contributed by atoms with Gasteiger partial charge in [0.2, 0.25) is 5.91 Å². The Morgan fingerprint density at radius 2 is 2.14 bits per heavy atom. The minimum atomic E-state index is -0.851. The fourth-order valence-electron chi connectivity index (χ4n) is 2.71. The van der Waals surface area contributed by atoms with Gasteiger partial charge in [-0.15, -0.1) is 0 Å². The number of nitrogens with one attached hydrogen (secondary N) is 1. The van der Waals surface area contributed by atoms with Gasteiger partial charge in [-0.1, -0.05) is 0 Å². The maximum atomic E-state index is 12.8. The van der Waals surface area contributed by atoms with Crippen molar-refractivity contribution in [3.8, 4) is 0 Å². The summed E-state index contributed by atoms with van der Waals surface area (Å²) < 4.78 is 12.8. The Morgan fingerprint density at radius 3 is 2.79 bits per heavy atom. The number of halogens is 1. The molecule has 0 aromatic rings.